The molecule has 0 N–H and O–H groups in total. The van der Waals surface area contributed by atoms with Crippen molar-refractivity contribution in [1.29, 1.82) is 0 Å². The number of halogens is 16. The summed E-state index contributed by atoms with van der Waals surface area (Å²) in [5, 5.41) is 0. The van der Waals surface area contributed by atoms with Crippen LogP contribution in [-0.4, -0.2) is 47.4 Å². The van der Waals surface area contributed by atoms with Gasteiger partial charge in [0.15, 0.2) is 0 Å². The van der Waals surface area contributed by atoms with Crippen molar-refractivity contribution in [2.75, 3.05) is 0 Å². The second kappa shape index (κ2) is 8.76. The lowest BCUT2D eigenvalue weighted by Gasteiger charge is -2.43. The van der Waals surface area contributed by atoms with Gasteiger partial charge < -0.3 is 0 Å². The molecule has 0 unspecified atom stereocenters. The number of allylic oxidation sites excluding steroid dienone is 2. The molecule has 0 spiro atoms. The first kappa shape index (κ1) is 30.6. The molecule has 16 heteroatoms. The second-order valence-corrected chi connectivity index (χ2v) is 6.73. The minimum atomic E-state index is -8.36. The predicted octanol–water partition coefficient (Wildman–Crippen LogP) is 8.23. The molecule has 192 valence electrons. The molecule has 0 nitrogen and oxygen atoms in total. The lowest BCUT2D eigenvalue weighted by atomic mass is 9.86. The van der Waals surface area contributed by atoms with Gasteiger partial charge in [-0.25, -0.2) is 0 Å². The Morgan fingerprint density at radius 3 is 1.19 bits per heavy atom. The first-order valence-corrected chi connectivity index (χ1v) is 8.53. The van der Waals surface area contributed by atoms with Gasteiger partial charge in [-0.3, -0.25) is 0 Å². The zero-order valence-electron chi connectivity index (χ0n) is 16.0. The molecular weight excluding hydrogens is 496 g/mol. The summed E-state index contributed by atoms with van der Waals surface area (Å²) in [6, 6.07) is 0. The first-order chi connectivity index (χ1) is 13.9. The molecule has 0 aliphatic rings. The van der Waals surface area contributed by atoms with E-state index in [4.69, 9.17) is 0 Å². The predicted molar refractivity (Wildman–Crippen MR) is 78.5 cm³/mol. The average molecular weight is 512 g/mol. The zero-order valence-corrected chi connectivity index (χ0v) is 16.0. The van der Waals surface area contributed by atoms with E-state index in [2.05, 4.69) is 0 Å². The lowest BCUT2D eigenvalue weighted by Crippen LogP contribution is -2.74. The fraction of sp³-hybridized carbons (Fsp3) is 0.875. The van der Waals surface area contributed by atoms with Gasteiger partial charge in [0.05, 0.1) is 0 Å². The highest BCUT2D eigenvalue weighted by molar-refractivity contribution is 5.18. The maximum absolute atomic E-state index is 13.6. The second-order valence-electron chi connectivity index (χ2n) is 6.73. The van der Waals surface area contributed by atoms with Crippen molar-refractivity contribution >= 4 is 0 Å². The van der Waals surface area contributed by atoms with Crippen molar-refractivity contribution < 1.29 is 70.2 Å². The largest absolute Gasteiger partial charge is 0.385 e. The zero-order chi connectivity index (χ0) is 26.2. The fourth-order valence-electron chi connectivity index (χ4n) is 2.30. The molecule has 0 amide bonds. The Morgan fingerprint density at radius 2 is 0.844 bits per heavy atom. The van der Waals surface area contributed by atoms with Gasteiger partial charge in [-0.05, 0) is 19.4 Å². The van der Waals surface area contributed by atoms with Crippen molar-refractivity contribution in [3.63, 3.8) is 0 Å². The van der Waals surface area contributed by atoms with Crippen molar-refractivity contribution in [3.05, 3.63) is 12.2 Å². The third kappa shape index (κ3) is 4.26. The van der Waals surface area contributed by atoms with Gasteiger partial charge in [0, 0.05) is 6.42 Å². The Bertz CT molecular complexity index is 661. The summed E-state index contributed by atoms with van der Waals surface area (Å²) in [4.78, 5) is 0. The molecule has 0 heterocycles. The number of hydrogen-bond acceptors (Lipinski definition) is 0. The van der Waals surface area contributed by atoms with Crippen molar-refractivity contribution in [2.45, 2.75) is 86.9 Å². The molecule has 0 saturated carbocycles. The van der Waals surface area contributed by atoms with Crippen LogP contribution in [0.2, 0.25) is 0 Å². The van der Waals surface area contributed by atoms with E-state index in [1.165, 1.54) is 6.92 Å². The van der Waals surface area contributed by atoms with Crippen LogP contribution in [0, 0.1) is 0 Å². The summed E-state index contributed by atoms with van der Waals surface area (Å²) in [7, 11) is 0. The van der Waals surface area contributed by atoms with E-state index < -0.39 is 66.3 Å². The molecule has 0 fully saturated rings. The molecule has 0 aliphatic carbocycles. The molecular formula is C16H16F16. The van der Waals surface area contributed by atoms with E-state index in [9.17, 15) is 70.2 Å². The first-order valence-electron chi connectivity index (χ1n) is 8.53. The molecule has 0 aromatic rings. The van der Waals surface area contributed by atoms with Gasteiger partial charge in [-0.15, -0.1) is 0 Å². The molecule has 0 aliphatic heterocycles. The maximum atomic E-state index is 13.6. The van der Waals surface area contributed by atoms with Gasteiger partial charge in [0.25, 0.3) is 0 Å². The molecule has 0 aromatic carbocycles. The summed E-state index contributed by atoms with van der Waals surface area (Å²) in [6.45, 7) is 1.76. The average Bonchev–Trinajstić information content (AvgIpc) is 2.60. The minimum absolute atomic E-state index is 0.00793. The number of rotatable bonds is 12. The lowest BCUT2D eigenvalue weighted by molar-refractivity contribution is -0.451. The van der Waals surface area contributed by atoms with Crippen LogP contribution in [0.25, 0.3) is 0 Å². The standard InChI is InChI=1S/C16H16F16/c1-3-5-6-8-10(19,20)12(23,24)14(27,28)16(31,32)15(29,30)13(25,26)11(21,22)9(17,18)7-4-2/h4,7H,3,5-6,8H2,1-2H3. The van der Waals surface area contributed by atoms with E-state index in [0.717, 1.165) is 0 Å². The van der Waals surface area contributed by atoms with Crippen LogP contribution in [-0.2, 0) is 0 Å². The third-order valence-electron chi connectivity index (χ3n) is 4.32. The molecule has 0 rings (SSSR count). The van der Waals surface area contributed by atoms with Crippen LogP contribution in [0.1, 0.15) is 39.5 Å². The molecule has 0 aromatic heterocycles. The fourth-order valence-corrected chi connectivity index (χ4v) is 2.30. The van der Waals surface area contributed by atoms with E-state index in [0.29, 0.717) is 6.92 Å². The SMILES string of the molecule is CC=CC(F)(F)C(F)(F)C(F)(F)C(F)(F)C(F)(F)C(F)(F)C(F)(F)C(F)(F)CCCCC. The number of hydrogen-bond donors (Lipinski definition) is 0. The Balaban J connectivity index is 6.61. The van der Waals surface area contributed by atoms with Crippen LogP contribution < -0.4 is 0 Å². The summed E-state index contributed by atoms with van der Waals surface area (Å²) in [5.41, 5.74) is 0. The number of alkyl halides is 16. The van der Waals surface area contributed by atoms with Gasteiger partial charge in [-0.2, -0.15) is 70.2 Å². The topological polar surface area (TPSA) is 0 Å². The number of unbranched alkanes of at least 4 members (excludes halogenated alkanes) is 2. The van der Waals surface area contributed by atoms with Crippen LogP contribution in [0.4, 0.5) is 70.2 Å². The third-order valence-corrected chi connectivity index (χ3v) is 4.32. The van der Waals surface area contributed by atoms with Crippen LogP contribution >= 0.6 is 0 Å². The highest BCUT2D eigenvalue weighted by Gasteiger charge is 2.94. The monoisotopic (exact) mass is 512 g/mol. The minimum Gasteiger partial charge on any atom is -0.200 e. The van der Waals surface area contributed by atoms with Crippen molar-refractivity contribution in [2.24, 2.45) is 0 Å². The van der Waals surface area contributed by atoms with Crippen molar-refractivity contribution in [3.8, 4) is 0 Å². The van der Waals surface area contributed by atoms with Crippen LogP contribution in [0.5, 0.6) is 0 Å². The Morgan fingerprint density at radius 1 is 0.500 bits per heavy atom. The quantitative estimate of drug-likeness (QED) is 0.140. The highest BCUT2D eigenvalue weighted by Crippen LogP contribution is 2.64. The Labute approximate surface area is 170 Å². The summed E-state index contributed by atoms with van der Waals surface area (Å²) in [6.07, 6.45) is -4.97. The van der Waals surface area contributed by atoms with Crippen LogP contribution in [0.15, 0.2) is 12.2 Å². The van der Waals surface area contributed by atoms with E-state index in [1.54, 1.807) is 0 Å². The molecule has 0 bridgehead atoms. The van der Waals surface area contributed by atoms with Gasteiger partial charge in [-0.1, -0.05) is 25.8 Å². The van der Waals surface area contributed by atoms with Gasteiger partial charge >= 0.3 is 47.4 Å². The normalized spacial score (nSPS) is 16.2. The summed E-state index contributed by atoms with van der Waals surface area (Å²) >= 11 is 0. The van der Waals surface area contributed by atoms with Gasteiger partial charge in [0.1, 0.15) is 0 Å². The van der Waals surface area contributed by atoms with Crippen molar-refractivity contribution in [1.82, 2.24) is 0 Å². The van der Waals surface area contributed by atoms with E-state index in [-0.39, 0.29) is 18.9 Å². The smallest absolute Gasteiger partial charge is 0.200 e. The molecule has 0 atom stereocenters. The highest BCUT2D eigenvalue weighted by atomic mass is 19.4. The molecule has 32 heavy (non-hydrogen) atoms. The Hall–Kier alpha value is -1.38. The molecule has 0 saturated heterocycles. The maximum Gasteiger partial charge on any atom is 0.385 e. The summed E-state index contributed by atoms with van der Waals surface area (Å²) in [5.74, 6) is -60.5. The summed E-state index contributed by atoms with van der Waals surface area (Å²) < 4.78 is 216. The molecule has 0 radical (unpaired) electrons. The van der Waals surface area contributed by atoms with Gasteiger partial charge in [0.2, 0.25) is 0 Å². The van der Waals surface area contributed by atoms with Crippen LogP contribution in [0.3, 0.4) is 0 Å². The van der Waals surface area contributed by atoms with E-state index >= 15 is 0 Å². The van der Waals surface area contributed by atoms with E-state index in [1.807, 2.05) is 0 Å². The Kier molecular flexibility index (Phi) is 8.38.